The van der Waals surface area contributed by atoms with Crippen LogP contribution in [-0.4, -0.2) is 84.4 Å². The zero-order chi connectivity index (χ0) is 14.5. The van der Waals surface area contributed by atoms with Crippen molar-refractivity contribution in [3.05, 3.63) is 0 Å². The number of rotatable bonds is 1. The quantitative estimate of drug-likeness (QED) is 0.777. The zero-order valence-electron chi connectivity index (χ0n) is 12.0. The Morgan fingerprint density at radius 3 is 2.10 bits per heavy atom. The van der Waals surface area contributed by atoms with Crippen LogP contribution in [0.2, 0.25) is 0 Å². The molecule has 20 heavy (non-hydrogen) atoms. The first-order chi connectivity index (χ1) is 9.61. The molecule has 0 aromatic heterocycles. The van der Waals surface area contributed by atoms with Gasteiger partial charge in [-0.1, -0.05) is 0 Å². The fourth-order valence-electron chi connectivity index (χ4n) is 2.78. The molecule has 0 bridgehead atoms. The lowest BCUT2D eigenvalue weighted by atomic mass is 10.1. The van der Waals surface area contributed by atoms with Gasteiger partial charge < -0.3 is 24.5 Å². The molecular formula is C13H23N3O4. The van der Waals surface area contributed by atoms with Gasteiger partial charge in [0.05, 0.1) is 6.10 Å². The van der Waals surface area contributed by atoms with E-state index < -0.39 is 6.09 Å². The van der Waals surface area contributed by atoms with Crippen LogP contribution in [0.5, 0.6) is 0 Å². The number of ether oxygens (including phenoxy) is 1. The van der Waals surface area contributed by atoms with E-state index in [1.807, 2.05) is 4.90 Å². The Kier molecular flexibility index (Phi) is 5.05. The van der Waals surface area contributed by atoms with Crippen LogP contribution in [0.1, 0.15) is 19.3 Å². The van der Waals surface area contributed by atoms with Gasteiger partial charge in [-0.3, -0.25) is 0 Å². The Morgan fingerprint density at radius 1 is 0.950 bits per heavy atom. The SMILES string of the molecule is COC1CCN(C(=O)N2CCCN(C(=O)O)CC2)CC1. The first kappa shape index (κ1) is 14.9. The number of carboxylic acid groups (broad SMARTS) is 1. The molecule has 0 aromatic rings. The van der Waals surface area contributed by atoms with E-state index in [-0.39, 0.29) is 12.1 Å². The molecule has 7 heteroatoms. The number of carbonyl (C=O) groups excluding carboxylic acids is 1. The summed E-state index contributed by atoms with van der Waals surface area (Å²) in [6.45, 7) is 3.45. The average Bonchev–Trinajstić information content (AvgIpc) is 2.72. The lowest BCUT2D eigenvalue weighted by Gasteiger charge is -2.35. The highest BCUT2D eigenvalue weighted by Crippen LogP contribution is 2.15. The van der Waals surface area contributed by atoms with Gasteiger partial charge in [0.2, 0.25) is 0 Å². The lowest BCUT2D eigenvalue weighted by Crippen LogP contribution is -2.48. The summed E-state index contributed by atoms with van der Waals surface area (Å²) in [7, 11) is 1.71. The summed E-state index contributed by atoms with van der Waals surface area (Å²) >= 11 is 0. The molecule has 0 aliphatic carbocycles. The smallest absolute Gasteiger partial charge is 0.407 e. The predicted molar refractivity (Wildman–Crippen MR) is 72.8 cm³/mol. The monoisotopic (exact) mass is 285 g/mol. The highest BCUT2D eigenvalue weighted by molar-refractivity contribution is 5.74. The lowest BCUT2D eigenvalue weighted by molar-refractivity contribution is 0.0447. The van der Waals surface area contributed by atoms with Crippen molar-refractivity contribution in [1.29, 1.82) is 0 Å². The van der Waals surface area contributed by atoms with Gasteiger partial charge in [0.25, 0.3) is 0 Å². The molecule has 2 aliphatic rings. The average molecular weight is 285 g/mol. The Morgan fingerprint density at radius 2 is 1.50 bits per heavy atom. The van der Waals surface area contributed by atoms with Gasteiger partial charge in [0.1, 0.15) is 0 Å². The second-order valence-electron chi connectivity index (χ2n) is 5.31. The molecule has 114 valence electrons. The molecule has 2 saturated heterocycles. The molecule has 0 spiro atoms. The van der Waals surface area contributed by atoms with Crippen LogP contribution in [0.25, 0.3) is 0 Å². The van der Waals surface area contributed by atoms with Gasteiger partial charge in [-0.25, -0.2) is 9.59 Å². The standard InChI is InChI=1S/C13H23N3O4/c1-20-11-3-7-15(8-4-11)12(17)14-5-2-6-16(10-9-14)13(18)19/h11H,2-10H2,1H3,(H,18,19). The molecule has 2 aliphatic heterocycles. The Hall–Kier alpha value is -1.50. The summed E-state index contributed by atoms with van der Waals surface area (Å²) in [5, 5.41) is 8.99. The summed E-state index contributed by atoms with van der Waals surface area (Å²) in [6.07, 6.45) is 1.80. The van der Waals surface area contributed by atoms with Crippen LogP contribution < -0.4 is 0 Å². The summed E-state index contributed by atoms with van der Waals surface area (Å²) in [4.78, 5) is 28.4. The van der Waals surface area contributed by atoms with E-state index in [9.17, 15) is 9.59 Å². The van der Waals surface area contributed by atoms with Crippen LogP contribution in [0.4, 0.5) is 9.59 Å². The van der Waals surface area contributed by atoms with Crippen molar-refractivity contribution in [2.24, 2.45) is 0 Å². The fourth-order valence-corrected chi connectivity index (χ4v) is 2.78. The second-order valence-corrected chi connectivity index (χ2v) is 5.31. The number of likely N-dealkylation sites (tertiary alicyclic amines) is 1. The first-order valence-electron chi connectivity index (χ1n) is 7.16. The van der Waals surface area contributed by atoms with Crippen molar-refractivity contribution in [2.45, 2.75) is 25.4 Å². The minimum absolute atomic E-state index is 0.0341. The van der Waals surface area contributed by atoms with Gasteiger partial charge in [0, 0.05) is 46.4 Å². The van der Waals surface area contributed by atoms with Crippen molar-refractivity contribution in [3.8, 4) is 0 Å². The number of urea groups is 1. The highest BCUT2D eigenvalue weighted by Gasteiger charge is 2.28. The summed E-state index contributed by atoms with van der Waals surface area (Å²) in [5.41, 5.74) is 0. The van der Waals surface area contributed by atoms with Gasteiger partial charge in [-0.15, -0.1) is 0 Å². The molecular weight excluding hydrogens is 262 g/mol. The summed E-state index contributed by atoms with van der Waals surface area (Å²) in [5.74, 6) is 0. The summed E-state index contributed by atoms with van der Waals surface area (Å²) < 4.78 is 5.30. The molecule has 0 saturated carbocycles. The molecule has 0 aromatic carbocycles. The van der Waals surface area contributed by atoms with E-state index in [2.05, 4.69) is 0 Å². The van der Waals surface area contributed by atoms with E-state index in [0.717, 1.165) is 25.9 Å². The van der Waals surface area contributed by atoms with Gasteiger partial charge in [-0.05, 0) is 19.3 Å². The molecule has 2 rings (SSSR count). The molecule has 1 N–H and O–H groups in total. The number of hydrogen-bond donors (Lipinski definition) is 1. The largest absolute Gasteiger partial charge is 0.465 e. The van der Waals surface area contributed by atoms with Crippen molar-refractivity contribution in [2.75, 3.05) is 46.4 Å². The minimum atomic E-state index is -0.903. The number of carbonyl (C=O) groups is 2. The highest BCUT2D eigenvalue weighted by atomic mass is 16.5. The molecule has 0 unspecified atom stereocenters. The number of amides is 3. The van der Waals surface area contributed by atoms with Gasteiger partial charge in [-0.2, -0.15) is 0 Å². The Labute approximate surface area is 119 Å². The normalized spacial score (nSPS) is 21.8. The maximum Gasteiger partial charge on any atom is 0.407 e. The van der Waals surface area contributed by atoms with E-state index in [0.29, 0.717) is 32.6 Å². The molecule has 0 radical (unpaired) electrons. The fraction of sp³-hybridized carbons (Fsp3) is 0.846. The van der Waals surface area contributed by atoms with Crippen molar-refractivity contribution in [3.63, 3.8) is 0 Å². The third kappa shape index (κ3) is 3.53. The second kappa shape index (κ2) is 6.78. The van der Waals surface area contributed by atoms with Crippen LogP contribution >= 0.6 is 0 Å². The van der Waals surface area contributed by atoms with E-state index in [1.54, 1.807) is 12.0 Å². The Bertz CT molecular complexity index is 356. The molecule has 2 heterocycles. The van der Waals surface area contributed by atoms with Gasteiger partial charge >= 0.3 is 12.1 Å². The molecule has 7 nitrogen and oxygen atoms in total. The molecule has 2 fully saturated rings. The summed E-state index contributed by atoms with van der Waals surface area (Å²) in [6, 6.07) is 0.0341. The third-order valence-corrected chi connectivity index (χ3v) is 4.08. The number of methoxy groups -OCH3 is 1. The third-order valence-electron chi connectivity index (χ3n) is 4.08. The zero-order valence-corrected chi connectivity index (χ0v) is 12.0. The van der Waals surface area contributed by atoms with E-state index in [1.165, 1.54) is 4.90 Å². The van der Waals surface area contributed by atoms with Gasteiger partial charge in [0.15, 0.2) is 0 Å². The minimum Gasteiger partial charge on any atom is -0.465 e. The van der Waals surface area contributed by atoms with Crippen LogP contribution in [0.15, 0.2) is 0 Å². The maximum absolute atomic E-state index is 12.4. The van der Waals surface area contributed by atoms with Crippen LogP contribution in [0.3, 0.4) is 0 Å². The number of piperidine rings is 1. The predicted octanol–water partition coefficient (Wildman–Crippen LogP) is 0.903. The van der Waals surface area contributed by atoms with Crippen molar-refractivity contribution >= 4 is 12.1 Å². The van der Waals surface area contributed by atoms with Crippen molar-refractivity contribution in [1.82, 2.24) is 14.7 Å². The number of hydrogen-bond acceptors (Lipinski definition) is 3. The van der Waals surface area contributed by atoms with Crippen molar-refractivity contribution < 1.29 is 19.4 Å². The van der Waals surface area contributed by atoms with Crippen LogP contribution in [-0.2, 0) is 4.74 Å². The Balaban J connectivity index is 1.85. The molecule has 3 amide bonds. The van der Waals surface area contributed by atoms with E-state index >= 15 is 0 Å². The number of nitrogens with zero attached hydrogens (tertiary/aromatic N) is 3. The first-order valence-corrected chi connectivity index (χ1v) is 7.16. The molecule has 0 atom stereocenters. The maximum atomic E-state index is 12.4. The van der Waals surface area contributed by atoms with E-state index in [4.69, 9.17) is 9.84 Å². The topological polar surface area (TPSA) is 73.3 Å². The van der Waals surface area contributed by atoms with Crippen LogP contribution in [0, 0.1) is 0 Å².